The van der Waals surface area contributed by atoms with Crippen LogP contribution in [-0.2, 0) is 9.59 Å². The van der Waals surface area contributed by atoms with Gasteiger partial charge in [-0.3, -0.25) is 9.59 Å². The van der Waals surface area contributed by atoms with E-state index < -0.39 is 10.8 Å². The van der Waals surface area contributed by atoms with Crippen molar-refractivity contribution in [1.29, 1.82) is 0 Å². The average Bonchev–Trinajstić information content (AvgIpc) is 2.63. The van der Waals surface area contributed by atoms with Crippen LogP contribution in [0.4, 0.5) is 5.69 Å². The molecule has 27 heavy (non-hydrogen) atoms. The molecule has 2 aliphatic rings. The van der Waals surface area contributed by atoms with Crippen molar-refractivity contribution >= 4 is 28.5 Å². The highest BCUT2D eigenvalue weighted by Crippen LogP contribution is 2.58. The first-order chi connectivity index (χ1) is 12.7. The van der Waals surface area contributed by atoms with Crippen LogP contribution < -0.4 is 4.90 Å². The summed E-state index contributed by atoms with van der Waals surface area (Å²) in [6.07, 6.45) is 0.515. The number of aryl methyl sites for hydroxylation is 1. The number of Topliss-reactive ketones (excluding diaryl/α,β-unsaturated/α-hetero) is 1. The third-order valence-electron chi connectivity index (χ3n) is 6.09. The molecule has 138 valence electrons. The number of carbonyl (C=O) groups excluding carboxylic acids is 2. The SMILES string of the molecule is Cc1ccc(C2=C3c4ccccc4N(C)C(=O)C3(C)CC(C)(C)C2=O)cc1. The van der Waals surface area contributed by atoms with Gasteiger partial charge in [-0.1, -0.05) is 61.9 Å². The first kappa shape index (κ1) is 17.7. The Balaban J connectivity index is 2.14. The summed E-state index contributed by atoms with van der Waals surface area (Å²) in [6, 6.07) is 16.0. The number of fused-ring (bicyclic) bond motifs is 3. The van der Waals surface area contributed by atoms with Gasteiger partial charge < -0.3 is 4.90 Å². The number of ketones is 1. The number of amides is 1. The lowest BCUT2D eigenvalue weighted by Crippen LogP contribution is -2.51. The van der Waals surface area contributed by atoms with Gasteiger partial charge in [0.2, 0.25) is 5.91 Å². The zero-order valence-electron chi connectivity index (χ0n) is 16.6. The molecular weight excluding hydrogens is 334 g/mol. The molecule has 0 radical (unpaired) electrons. The minimum Gasteiger partial charge on any atom is -0.314 e. The number of benzene rings is 2. The highest BCUT2D eigenvalue weighted by molar-refractivity contribution is 6.35. The standard InChI is InChI=1S/C24H25NO2/c1-15-10-12-16(13-11-15)19-20-17-8-6-7-9-18(17)25(5)22(27)24(20,4)14-23(2,3)21(19)26/h6-13H,14H2,1-5H3. The largest absolute Gasteiger partial charge is 0.314 e. The highest BCUT2D eigenvalue weighted by atomic mass is 16.2. The van der Waals surface area contributed by atoms with Gasteiger partial charge in [0.25, 0.3) is 0 Å². The first-order valence-electron chi connectivity index (χ1n) is 9.41. The van der Waals surface area contributed by atoms with Crippen molar-refractivity contribution < 1.29 is 9.59 Å². The van der Waals surface area contributed by atoms with Crippen LogP contribution in [0.1, 0.15) is 43.9 Å². The Kier molecular flexibility index (Phi) is 3.71. The summed E-state index contributed by atoms with van der Waals surface area (Å²) in [6.45, 7) is 7.95. The third kappa shape index (κ3) is 2.41. The van der Waals surface area contributed by atoms with E-state index in [0.717, 1.165) is 28.0 Å². The van der Waals surface area contributed by atoms with Gasteiger partial charge in [-0.05, 0) is 37.5 Å². The number of hydrogen-bond donors (Lipinski definition) is 0. The van der Waals surface area contributed by atoms with Crippen LogP contribution in [0.15, 0.2) is 48.5 Å². The van der Waals surface area contributed by atoms with E-state index in [4.69, 9.17) is 0 Å². The van der Waals surface area contributed by atoms with Crippen molar-refractivity contribution in [3.63, 3.8) is 0 Å². The van der Waals surface area contributed by atoms with Crippen LogP contribution in [0.3, 0.4) is 0 Å². The molecule has 0 fully saturated rings. The van der Waals surface area contributed by atoms with Crippen molar-refractivity contribution in [2.24, 2.45) is 10.8 Å². The molecule has 4 rings (SSSR count). The minimum absolute atomic E-state index is 0.0568. The summed E-state index contributed by atoms with van der Waals surface area (Å²) in [7, 11) is 1.83. The van der Waals surface area contributed by atoms with E-state index in [2.05, 4.69) is 0 Å². The summed E-state index contributed by atoms with van der Waals surface area (Å²) in [5.41, 5.74) is 4.16. The quantitative estimate of drug-likeness (QED) is 0.727. The van der Waals surface area contributed by atoms with Gasteiger partial charge in [-0.25, -0.2) is 0 Å². The second-order valence-corrected chi connectivity index (χ2v) is 8.72. The topological polar surface area (TPSA) is 37.4 Å². The Labute approximate surface area is 160 Å². The average molecular weight is 359 g/mol. The zero-order valence-corrected chi connectivity index (χ0v) is 16.6. The Bertz CT molecular complexity index is 997. The monoisotopic (exact) mass is 359 g/mol. The molecule has 1 heterocycles. The summed E-state index contributed by atoms with van der Waals surface area (Å²) >= 11 is 0. The minimum atomic E-state index is -0.721. The van der Waals surface area contributed by atoms with E-state index >= 15 is 0 Å². The number of anilines is 1. The lowest BCUT2D eigenvalue weighted by atomic mass is 9.57. The number of para-hydroxylation sites is 1. The molecule has 2 aromatic rings. The Morgan fingerprint density at radius 1 is 0.926 bits per heavy atom. The summed E-state index contributed by atoms with van der Waals surface area (Å²) in [5, 5.41) is 0. The number of nitrogens with zero attached hydrogens (tertiary/aromatic N) is 1. The van der Waals surface area contributed by atoms with E-state index in [1.165, 1.54) is 0 Å². The fourth-order valence-electron chi connectivity index (χ4n) is 4.85. The summed E-state index contributed by atoms with van der Waals surface area (Å²) in [4.78, 5) is 28.7. The summed E-state index contributed by atoms with van der Waals surface area (Å²) in [5.74, 6) is 0.173. The number of rotatable bonds is 1. The van der Waals surface area contributed by atoms with E-state index in [1.54, 1.807) is 4.90 Å². The number of hydrogen-bond acceptors (Lipinski definition) is 2. The van der Waals surface area contributed by atoms with Crippen LogP contribution in [-0.4, -0.2) is 18.7 Å². The lowest BCUT2D eigenvalue weighted by molar-refractivity contribution is -0.129. The van der Waals surface area contributed by atoms with E-state index in [-0.39, 0.29) is 11.7 Å². The summed E-state index contributed by atoms with van der Waals surface area (Å²) < 4.78 is 0. The van der Waals surface area contributed by atoms with Crippen molar-refractivity contribution in [2.75, 3.05) is 11.9 Å². The van der Waals surface area contributed by atoms with Gasteiger partial charge >= 0.3 is 0 Å². The molecule has 2 aromatic carbocycles. The van der Waals surface area contributed by atoms with Gasteiger partial charge in [0.05, 0.1) is 11.1 Å². The molecular formula is C24H25NO2. The first-order valence-corrected chi connectivity index (χ1v) is 9.41. The van der Waals surface area contributed by atoms with Gasteiger partial charge in [0.15, 0.2) is 5.78 Å². The Morgan fingerprint density at radius 2 is 1.56 bits per heavy atom. The molecule has 3 heteroatoms. The van der Waals surface area contributed by atoms with Crippen molar-refractivity contribution in [1.82, 2.24) is 0 Å². The van der Waals surface area contributed by atoms with E-state index in [1.807, 2.05) is 83.3 Å². The molecule has 0 saturated heterocycles. The number of allylic oxidation sites excluding steroid dienone is 1. The molecule has 1 atom stereocenters. The predicted molar refractivity (Wildman–Crippen MR) is 109 cm³/mol. The Hall–Kier alpha value is -2.68. The second kappa shape index (κ2) is 5.66. The molecule has 1 aliphatic heterocycles. The van der Waals surface area contributed by atoms with E-state index in [9.17, 15) is 9.59 Å². The lowest BCUT2D eigenvalue weighted by Gasteiger charge is -2.48. The molecule has 0 saturated carbocycles. The third-order valence-corrected chi connectivity index (χ3v) is 6.09. The molecule has 1 aliphatic carbocycles. The maximum atomic E-state index is 13.5. The van der Waals surface area contributed by atoms with Gasteiger partial charge in [0.1, 0.15) is 0 Å². The number of carbonyl (C=O) groups is 2. The normalized spacial score (nSPS) is 24.0. The van der Waals surface area contributed by atoms with Crippen LogP contribution in [0, 0.1) is 17.8 Å². The van der Waals surface area contributed by atoms with Gasteiger partial charge in [-0.15, -0.1) is 0 Å². The molecule has 3 nitrogen and oxygen atoms in total. The maximum absolute atomic E-state index is 13.5. The van der Waals surface area contributed by atoms with Crippen LogP contribution in [0.5, 0.6) is 0 Å². The fourth-order valence-corrected chi connectivity index (χ4v) is 4.85. The van der Waals surface area contributed by atoms with Crippen LogP contribution in [0.2, 0.25) is 0 Å². The fraction of sp³-hybridized carbons (Fsp3) is 0.333. The highest BCUT2D eigenvalue weighted by Gasteiger charge is 2.55. The van der Waals surface area contributed by atoms with Crippen LogP contribution >= 0.6 is 0 Å². The molecule has 1 unspecified atom stereocenters. The van der Waals surface area contributed by atoms with Crippen molar-refractivity contribution in [3.05, 3.63) is 65.2 Å². The van der Waals surface area contributed by atoms with Gasteiger partial charge in [0, 0.05) is 23.6 Å². The molecule has 0 bridgehead atoms. The Morgan fingerprint density at radius 3 is 2.22 bits per heavy atom. The molecule has 1 amide bonds. The molecule has 0 spiro atoms. The van der Waals surface area contributed by atoms with E-state index in [0.29, 0.717) is 12.0 Å². The smallest absolute Gasteiger partial charge is 0.237 e. The van der Waals surface area contributed by atoms with Crippen molar-refractivity contribution in [2.45, 2.75) is 34.1 Å². The van der Waals surface area contributed by atoms with Crippen molar-refractivity contribution in [3.8, 4) is 0 Å². The van der Waals surface area contributed by atoms with Gasteiger partial charge in [-0.2, -0.15) is 0 Å². The maximum Gasteiger partial charge on any atom is 0.237 e. The van der Waals surface area contributed by atoms with Crippen LogP contribution in [0.25, 0.3) is 11.1 Å². The second-order valence-electron chi connectivity index (χ2n) is 8.72. The molecule has 0 aromatic heterocycles. The molecule has 0 N–H and O–H groups in total. The predicted octanol–water partition coefficient (Wildman–Crippen LogP) is 4.89. The zero-order chi connectivity index (χ0) is 19.6.